The molecule has 0 spiro atoms. The number of benzene rings is 1. The van der Waals surface area contributed by atoms with E-state index < -0.39 is 11.9 Å². The molecule has 0 fully saturated rings. The second kappa shape index (κ2) is 7.43. The van der Waals surface area contributed by atoms with Crippen LogP contribution >= 0.6 is 0 Å². The molecular formula is C17H16N4O4. The van der Waals surface area contributed by atoms with E-state index in [1.165, 1.54) is 12.3 Å². The summed E-state index contributed by atoms with van der Waals surface area (Å²) in [6, 6.07) is 11.1. The first-order valence-corrected chi connectivity index (χ1v) is 7.67. The molecule has 0 aliphatic rings. The van der Waals surface area contributed by atoms with Gasteiger partial charge in [-0.1, -0.05) is 35.5 Å². The number of carbonyl (C=O) groups is 2. The summed E-state index contributed by atoms with van der Waals surface area (Å²) in [5.41, 5.74) is 1.56. The van der Waals surface area contributed by atoms with Crippen molar-refractivity contribution in [3.05, 3.63) is 65.8 Å². The Bertz CT molecular complexity index is 870. The highest BCUT2D eigenvalue weighted by Gasteiger charge is 2.18. The van der Waals surface area contributed by atoms with Gasteiger partial charge in [-0.3, -0.25) is 9.48 Å². The van der Waals surface area contributed by atoms with Gasteiger partial charge in [-0.15, -0.1) is 0 Å². The van der Waals surface area contributed by atoms with Crippen LogP contribution in [0.2, 0.25) is 0 Å². The maximum atomic E-state index is 12.1. The van der Waals surface area contributed by atoms with Crippen LogP contribution in [0.3, 0.4) is 0 Å². The van der Waals surface area contributed by atoms with Crippen molar-refractivity contribution in [2.24, 2.45) is 0 Å². The number of ether oxygens (including phenoxy) is 1. The second-order valence-corrected chi connectivity index (χ2v) is 5.16. The van der Waals surface area contributed by atoms with Crippen molar-refractivity contribution in [1.29, 1.82) is 0 Å². The number of nitrogens with zero attached hydrogens (tertiary/aromatic N) is 3. The maximum Gasteiger partial charge on any atom is 0.360 e. The van der Waals surface area contributed by atoms with Crippen LogP contribution < -0.4 is 5.32 Å². The number of aromatic nitrogens is 3. The zero-order valence-electron chi connectivity index (χ0n) is 13.5. The van der Waals surface area contributed by atoms with Crippen LogP contribution in [-0.4, -0.2) is 33.4 Å². The van der Waals surface area contributed by atoms with Crippen molar-refractivity contribution in [2.75, 3.05) is 11.9 Å². The fourth-order valence-corrected chi connectivity index (χ4v) is 2.16. The minimum absolute atomic E-state index is 0.0493. The summed E-state index contributed by atoms with van der Waals surface area (Å²) in [7, 11) is 0. The second-order valence-electron chi connectivity index (χ2n) is 5.16. The van der Waals surface area contributed by atoms with Crippen LogP contribution in [0.1, 0.15) is 33.5 Å². The third-order valence-electron chi connectivity index (χ3n) is 3.30. The van der Waals surface area contributed by atoms with Crippen LogP contribution in [0, 0.1) is 0 Å². The van der Waals surface area contributed by atoms with E-state index in [0.717, 1.165) is 5.56 Å². The van der Waals surface area contributed by atoms with E-state index in [1.807, 2.05) is 30.3 Å². The fourth-order valence-electron chi connectivity index (χ4n) is 2.16. The molecule has 0 aliphatic carbocycles. The summed E-state index contributed by atoms with van der Waals surface area (Å²) in [5, 5.41) is 10.4. The Morgan fingerprint density at radius 3 is 2.84 bits per heavy atom. The van der Waals surface area contributed by atoms with Crippen LogP contribution in [-0.2, 0) is 11.3 Å². The molecule has 0 atom stereocenters. The standard InChI is InChI=1S/C17H16N4O4/c1-2-24-17(23)14-8-15(25-20-14)16(22)19-13-9-18-21(11-13)10-12-6-4-3-5-7-12/h3-9,11H,2,10H2,1H3,(H,19,22). The summed E-state index contributed by atoms with van der Waals surface area (Å²) in [6.07, 6.45) is 3.23. The smallest absolute Gasteiger partial charge is 0.360 e. The lowest BCUT2D eigenvalue weighted by molar-refractivity contribution is 0.0514. The molecule has 1 aromatic carbocycles. The number of hydrogen-bond acceptors (Lipinski definition) is 6. The predicted molar refractivity (Wildman–Crippen MR) is 88.2 cm³/mol. The monoisotopic (exact) mass is 340 g/mol. The molecule has 0 saturated carbocycles. The number of amides is 1. The summed E-state index contributed by atoms with van der Waals surface area (Å²) in [4.78, 5) is 23.7. The molecule has 2 aromatic heterocycles. The zero-order chi connectivity index (χ0) is 17.6. The molecule has 2 heterocycles. The van der Waals surface area contributed by atoms with E-state index in [-0.39, 0.29) is 18.1 Å². The number of esters is 1. The first-order chi connectivity index (χ1) is 12.2. The Labute approximate surface area is 143 Å². The molecule has 3 rings (SSSR count). The fraction of sp³-hybridized carbons (Fsp3) is 0.176. The summed E-state index contributed by atoms with van der Waals surface area (Å²) in [6.45, 7) is 2.48. The normalized spacial score (nSPS) is 10.4. The van der Waals surface area contributed by atoms with E-state index in [4.69, 9.17) is 9.26 Å². The van der Waals surface area contributed by atoms with Gasteiger partial charge in [0.2, 0.25) is 5.76 Å². The van der Waals surface area contributed by atoms with Gasteiger partial charge in [0.15, 0.2) is 5.69 Å². The molecule has 0 radical (unpaired) electrons. The van der Waals surface area contributed by atoms with Crippen LogP contribution in [0.4, 0.5) is 5.69 Å². The lowest BCUT2D eigenvalue weighted by Gasteiger charge is -2.01. The highest BCUT2D eigenvalue weighted by molar-refractivity contribution is 6.03. The van der Waals surface area contributed by atoms with Crippen LogP contribution in [0.25, 0.3) is 0 Å². The molecule has 0 saturated heterocycles. The van der Waals surface area contributed by atoms with Crippen molar-refractivity contribution in [3.8, 4) is 0 Å². The Hall–Kier alpha value is -3.42. The highest BCUT2D eigenvalue weighted by atomic mass is 16.5. The van der Waals surface area contributed by atoms with Crippen LogP contribution in [0.5, 0.6) is 0 Å². The van der Waals surface area contributed by atoms with Crippen molar-refractivity contribution in [3.63, 3.8) is 0 Å². The van der Waals surface area contributed by atoms with E-state index in [0.29, 0.717) is 12.2 Å². The van der Waals surface area contributed by atoms with Crippen LogP contribution in [0.15, 0.2) is 53.3 Å². The van der Waals surface area contributed by atoms with E-state index in [1.54, 1.807) is 17.8 Å². The van der Waals surface area contributed by atoms with Crippen molar-refractivity contribution in [2.45, 2.75) is 13.5 Å². The zero-order valence-corrected chi connectivity index (χ0v) is 13.5. The lowest BCUT2D eigenvalue weighted by Crippen LogP contribution is -2.10. The van der Waals surface area contributed by atoms with E-state index >= 15 is 0 Å². The number of nitrogens with one attached hydrogen (secondary N) is 1. The number of rotatable bonds is 6. The topological polar surface area (TPSA) is 99.2 Å². The van der Waals surface area contributed by atoms with Gasteiger partial charge in [0, 0.05) is 12.3 Å². The molecule has 3 aromatic rings. The molecule has 0 bridgehead atoms. The van der Waals surface area contributed by atoms with Crippen molar-refractivity contribution >= 4 is 17.6 Å². The van der Waals surface area contributed by atoms with Crippen molar-refractivity contribution < 1.29 is 18.8 Å². The molecule has 8 nitrogen and oxygen atoms in total. The van der Waals surface area contributed by atoms with Gasteiger partial charge >= 0.3 is 5.97 Å². The highest BCUT2D eigenvalue weighted by Crippen LogP contribution is 2.11. The van der Waals surface area contributed by atoms with Gasteiger partial charge in [-0.2, -0.15) is 5.10 Å². The van der Waals surface area contributed by atoms with Gasteiger partial charge in [0.1, 0.15) is 0 Å². The van der Waals surface area contributed by atoms with Gasteiger partial charge < -0.3 is 14.6 Å². The first-order valence-electron chi connectivity index (χ1n) is 7.67. The predicted octanol–water partition coefficient (Wildman–Crippen LogP) is 2.35. The maximum absolute atomic E-state index is 12.1. The molecular weight excluding hydrogens is 324 g/mol. The Balaban J connectivity index is 1.63. The average Bonchev–Trinajstić information content (AvgIpc) is 3.26. The van der Waals surface area contributed by atoms with E-state index in [9.17, 15) is 9.59 Å². The Kier molecular flexibility index (Phi) is 4.89. The number of hydrogen-bond donors (Lipinski definition) is 1. The molecule has 8 heteroatoms. The molecule has 0 aliphatic heterocycles. The third kappa shape index (κ3) is 4.11. The van der Waals surface area contributed by atoms with Gasteiger partial charge in [-0.05, 0) is 12.5 Å². The van der Waals surface area contributed by atoms with Gasteiger partial charge in [0.25, 0.3) is 5.91 Å². The minimum atomic E-state index is -0.638. The molecule has 128 valence electrons. The van der Waals surface area contributed by atoms with Gasteiger partial charge in [0.05, 0.1) is 25.0 Å². The Morgan fingerprint density at radius 1 is 1.28 bits per heavy atom. The molecule has 1 amide bonds. The molecule has 1 N–H and O–H groups in total. The van der Waals surface area contributed by atoms with Gasteiger partial charge in [-0.25, -0.2) is 4.79 Å². The summed E-state index contributed by atoms with van der Waals surface area (Å²) < 4.78 is 11.4. The number of carbonyl (C=O) groups excluding carboxylic acids is 2. The molecule has 25 heavy (non-hydrogen) atoms. The SMILES string of the molecule is CCOC(=O)c1cc(C(=O)Nc2cnn(Cc3ccccc3)c2)on1. The number of anilines is 1. The summed E-state index contributed by atoms with van der Waals surface area (Å²) >= 11 is 0. The molecule has 0 unspecified atom stereocenters. The van der Waals surface area contributed by atoms with E-state index in [2.05, 4.69) is 15.6 Å². The first kappa shape index (κ1) is 16.4. The lowest BCUT2D eigenvalue weighted by atomic mass is 10.2. The average molecular weight is 340 g/mol. The van der Waals surface area contributed by atoms with Crippen molar-refractivity contribution in [1.82, 2.24) is 14.9 Å². The quantitative estimate of drug-likeness (QED) is 0.692. The minimum Gasteiger partial charge on any atom is -0.461 e. The third-order valence-corrected chi connectivity index (χ3v) is 3.30. The summed E-state index contributed by atoms with van der Waals surface area (Å²) in [5.74, 6) is -1.25. The largest absolute Gasteiger partial charge is 0.461 e. The Morgan fingerprint density at radius 2 is 2.08 bits per heavy atom.